The molecule has 0 saturated heterocycles. The maximum absolute atomic E-state index is 13.2. The zero-order valence-electron chi connectivity index (χ0n) is 18.6. The van der Waals surface area contributed by atoms with Crippen LogP contribution in [0.15, 0.2) is 46.2 Å². The molecule has 3 aromatic heterocycles. The van der Waals surface area contributed by atoms with Gasteiger partial charge in [0.15, 0.2) is 5.65 Å². The molecule has 1 aromatic carbocycles. The number of hydrogen-bond donors (Lipinski definition) is 1. The summed E-state index contributed by atoms with van der Waals surface area (Å²) in [5.41, 5.74) is 1.57. The van der Waals surface area contributed by atoms with Crippen LogP contribution in [0.2, 0.25) is 0 Å². The second-order valence-corrected chi connectivity index (χ2v) is 7.81. The molecule has 9 heteroatoms. The minimum Gasteiger partial charge on any atom is -0.336 e. The molecule has 0 aliphatic heterocycles. The molecule has 170 valence electrons. The van der Waals surface area contributed by atoms with Gasteiger partial charge >= 0.3 is 5.69 Å². The summed E-state index contributed by atoms with van der Waals surface area (Å²) in [5, 5.41) is 4.31. The molecular formula is C24H25FN6O2. The van der Waals surface area contributed by atoms with E-state index in [0.29, 0.717) is 55.0 Å². The van der Waals surface area contributed by atoms with E-state index in [-0.39, 0.29) is 17.1 Å². The number of halogens is 1. The number of nitrogens with one attached hydrogen (secondary N) is 1. The number of aryl methyl sites for hydroxylation is 1. The minimum absolute atomic E-state index is 0.320. The van der Waals surface area contributed by atoms with Crippen LogP contribution in [-0.2, 0) is 26.1 Å². The maximum atomic E-state index is 13.2. The Balaban J connectivity index is 1.57. The van der Waals surface area contributed by atoms with Crippen molar-refractivity contribution in [3.05, 3.63) is 80.3 Å². The van der Waals surface area contributed by atoms with Crippen LogP contribution in [0.5, 0.6) is 0 Å². The molecule has 1 N–H and O–H groups in total. The van der Waals surface area contributed by atoms with Crippen molar-refractivity contribution in [2.75, 3.05) is 0 Å². The summed E-state index contributed by atoms with van der Waals surface area (Å²) < 4.78 is 17.8. The highest BCUT2D eigenvalue weighted by Crippen LogP contribution is 2.11. The zero-order valence-corrected chi connectivity index (χ0v) is 18.6. The Morgan fingerprint density at radius 1 is 1.12 bits per heavy atom. The smallest absolute Gasteiger partial charge is 0.332 e. The van der Waals surface area contributed by atoms with Crippen molar-refractivity contribution >= 4 is 11.2 Å². The highest BCUT2D eigenvalue weighted by Gasteiger charge is 2.17. The summed E-state index contributed by atoms with van der Waals surface area (Å²) in [6.45, 7) is 5.13. The third kappa shape index (κ3) is 4.80. The lowest BCUT2D eigenvalue weighted by Gasteiger charge is -2.09. The Morgan fingerprint density at radius 3 is 2.67 bits per heavy atom. The van der Waals surface area contributed by atoms with Crippen LogP contribution in [0.1, 0.15) is 43.6 Å². The van der Waals surface area contributed by atoms with Crippen LogP contribution in [0.4, 0.5) is 4.39 Å². The van der Waals surface area contributed by atoms with Gasteiger partial charge < -0.3 is 4.98 Å². The highest BCUT2D eigenvalue weighted by atomic mass is 19.1. The van der Waals surface area contributed by atoms with Crippen LogP contribution in [0, 0.1) is 17.7 Å². The van der Waals surface area contributed by atoms with Crippen LogP contribution in [0.25, 0.3) is 11.2 Å². The van der Waals surface area contributed by atoms with Crippen molar-refractivity contribution in [3.8, 4) is 11.8 Å². The van der Waals surface area contributed by atoms with Crippen molar-refractivity contribution < 1.29 is 4.39 Å². The number of rotatable bonds is 7. The van der Waals surface area contributed by atoms with Crippen LogP contribution in [0.3, 0.4) is 0 Å². The minimum atomic E-state index is -0.341. The predicted octanol–water partition coefficient (Wildman–Crippen LogP) is 2.68. The topological polar surface area (TPSA) is 90.5 Å². The van der Waals surface area contributed by atoms with E-state index >= 15 is 0 Å². The van der Waals surface area contributed by atoms with Gasteiger partial charge in [-0.1, -0.05) is 31.8 Å². The fourth-order valence-electron chi connectivity index (χ4n) is 3.71. The van der Waals surface area contributed by atoms with Crippen molar-refractivity contribution in [1.29, 1.82) is 0 Å². The van der Waals surface area contributed by atoms with Crippen LogP contribution >= 0.6 is 0 Å². The molecule has 4 aromatic rings. The van der Waals surface area contributed by atoms with E-state index in [4.69, 9.17) is 0 Å². The Hall–Kier alpha value is -3.93. The second kappa shape index (κ2) is 9.69. The van der Waals surface area contributed by atoms with Gasteiger partial charge in [-0.25, -0.2) is 14.2 Å². The van der Waals surface area contributed by atoms with E-state index in [9.17, 15) is 14.0 Å². The number of imidazole rings is 1. The third-order valence-corrected chi connectivity index (χ3v) is 5.16. The Morgan fingerprint density at radius 2 is 1.91 bits per heavy atom. The lowest BCUT2D eigenvalue weighted by atomic mass is 10.2. The van der Waals surface area contributed by atoms with E-state index in [1.807, 2.05) is 20.0 Å². The van der Waals surface area contributed by atoms with E-state index in [2.05, 4.69) is 26.9 Å². The number of aromatic nitrogens is 6. The second-order valence-electron chi connectivity index (χ2n) is 7.81. The van der Waals surface area contributed by atoms with E-state index in [1.165, 1.54) is 16.7 Å². The van der Waals surface area contributed by atoms with Crippen molar-refractivity contribution in [2.24, 2.45) is 0 Å². The molecule has 0 spiro atoms. The fraction of sp³-hybridized carbons (Fsp3) is 0.333. The average molecular weight is 449 g/mol. The molecule has 4 rings (SSSR count). The van der Waals surface area contributed by atoms with Crippen molar-refractivity contribution in [3.63, 3.8) is 0 Å². The van der Waals surface area contributed by atoms with Gasteiger partial charge in [0, 0.05) is 31.3 Å². The number of hydrogen-bond acceptors (Lipinski definition) is 4. The largest absolute Gasteiger partial charge is 0.336 e. The number of H-pyrrole nitrogens is 1. The molecular weight excluding hydrogens is 423 g/mol. The lowest BCUT2D eigenvalue weighted by Crippen LogP contribution is -2.40. The maximum Gasteiger partial charge on any atom is 0.332 e. The monoisotopic (exact) mass is 448 g/mol. The molecule has 0 amide bonds. The average Bonchev–Trinajstić information content (AvgIpc) is 3.42. The summed E-state index contributed by atoms with van der Waals surface area (Å²) in [6.07, 6.45) is 5.44. The molecule has 0 atom stereocenters. The van der Waals surface area contributed by atoms with E-state index in [1.54, 1.807) is 27.6 Å². The third-order valence-electron chi connectivity index (χ3n) is 5.16. The van der Waals surface area contributed by atoms with Gasteiger partial charge in [0.25, 0.3) is 5.56 Å². The van der Waals surface area contributed by atoms with Gasteiger partial charge in [-0.15, -0.1) is 0 Å². The van der Waals surface area contributed by atoms with Gasteiger partial charge in [-0.05, 0) is 36.6 Å². The molecule has 0 saturated carbocycles. The molecule has 0 aliphatic carbocycles. The summed E-state index contributed by atoms with van der Waals surface area (Å²) in [7, 11) is 0. The van der Waals surface area contributed by atoms with Gasteiger partial charge in [-0.2, -0.15) is 5.10 Å². The Kier molecular flexibility index (Phi) is 6.54. The number of aromatic amines is 1. The molecule has 0 unspecified atom stereocenters. The SMILES string of the molecule is CCCn1c(=O)c2[nH]c(Cc3cnn(CC#Cc4cccc(F)c4)c3)nc2n(CCC)c1=O. The first-order valence-electron chi connectivity index (χ1n) is 11.0. The van der Waals surface area contributed by atoms with Gasteiger partial charge in [-0.3, -0.25) is 18.6 Å². The molecule has 0 radical (unpaired) electrons. The van der Waals surface area contributed by atoms with Gasteiger partial charge in [0.05, 0.1) is 6.20 Å². The first kappa shape index (κ1) is 22.3. The standard InChI is InChI=1S/C24H25FN6O2/c1-3-10-30-22-21(23(32)31(11-4-2)24(30)33)27-20(28-22)14-18-15-26-29(16-18)12-6-8-17-7-5-9-19(25)13-17/h5,7,9,13,15-16H,3-4,10-12,14H2,1-2H3,(H,27,28). The summed E-state index contributed by atoms with van der Waals surface area (Å²) in [5.74, 6) is 6.16. The summed E-state index contributed by atoms with van der Waals surface area (Å²) in [4.78, 5) is 33.3. The summed E-state index contributed by atoms with van der Waals surface area (Å²) in [6, 6.07) is 6.13. The van der Waals surface area contributed by atoms with Crippen molar-refractivity contribution in [1.82, 2.24) is 28.9 Å². The van der Waals surface area contributed by atoms with Crippen LogP contribution < -0.4 is 11.2 Å². The number of benzene rings is 1. The molecule has 33 heavy (non-hydrogen) atoms. The van der Waals surface area contributed by atoms with E-state index in [0.717, 1.165) is 12.0 Å². The lowest BCUT2D eigenvalue weighted by molar-refractivity contribution is 0.555. The fourth-order valence-corrected chi connectivity index (χ4v) is 3.71. The van der Waals surface area contributed by atoms with Gasteiger partial charge in [0.2, 0.25) is 0 Å². The van der Waals surface area contributed by atoms with E-state index < -0.39 is 0 Å². The van der Waals surface area contributed by atoms with Crippen LogP contribution in [-0.4, -0.2) is 28.9 Å². The first-order valence-corrected chi connectivity index (χ1v) is 11.0. The first-order chi connectivity index (χ1) is 16.0. The molecule has 3 heterocycles. The highest BCUT2D eigenvalue weighted by molar-refractivity contribution is 5.70. The molecule has 8 nitrogen and oxygen atoms in total. The predicted molar refractivity (Wildman–Crippen MR) is 124 cm³/mol. The quantitative estimate of drug-likeness (QED) is 0.440. The Bertz CT molecular complexity index is 1460. The summed E-state index contributed by atoms with van der Waals surface area (Å²) >= 11 is 0. The number of fused-ring (bicyclic) bond motifs is 1. The van der Waals surface area contributed by atoms with Gasteiger partial charge in [0.1, 0.15) is 23.7 Å². The molecule has 0 bridgehead atoms. The Labute approximate surface area is 189 Å². The number of nitrogens with zero attached hydrogens (tertiary/aromatic N) is 5. The zero-order chi connectivity index (χ0) is 23.4. The van der Waals surface area contributed by atoms with Crippen molar-refractivity contribution in [2.45, 2.75) is 52.7 Å². The molecule has 0 aliphatic rings. The normalized spacial score (nSPS) is 11.0. The molecule has 0 fully saturated rings.